The van der Waals surface area contributed by atoms with Crippen molar-refractivity contribution in [1.82, 2.24) is 15.5 Å². The van der Waals surface area contributed by atoms with Gasteiger partial charge in [0.15, 0.2) is 5.79 Å². The van der Waals surface area contributed by atoms with Crippen LogP contribution in [0.5, 0.6) is 0 Å². The topological polar surface area (TPSA) is 131 Å². The molecule has 0 bridgehead atoms. The van der Waals surface area contributed by atoms with Crippen LogP contribution in [0.25, 0.3) is 0 Å². The normalized spacial score (nSPS) is 16.5. The molecule has 39 heavy (non-hydrogen) atoms. The van der Waals surface area contributed by atoms with Crippen molar-refractivity contribution in [3.8, 4) is 0 Å². The molecule has 1 saturated carbocycles. The summed E-state index contributed by atoms with van der Waals surface area (Å²) in [5, 5.41) is 5.70. The van der Waals surface area contributed by atoms with Gasteiger partial charge in [0.25, 0.3) is 11.8 Å². The van der Waals surface area contributed by atoms with E-state index >= 15 is 0 Å². The molecule has 2 rings (SSSR count). The van der Waals surface area contributed by atoms with Crippen LogP contribution in [-0.2, 0) is 33.4 Å². The lowest BCUT2D eigenvalue weighted by atomic mass is 9.94. The lowest BCUT2D eigenvalue weighted by Gasteiger charge is -2.37. The van der Waals surface area contributed by atoms with Crippen LogP contribution in [0.3, 0.4) is 0 Å². The third-order valence-electron chi connectivity index (χ3n) is 7.13. The van der Waals surface area contributed by atoms with Crippen molar-refractivity contribution in [1.29, 1.82) is 0 Å². The van der Waals surface area contributed by atoms with Crippen molar-refractivity contribution in [3.05, 3.63) is 12.2 Å². The first kappa shape index (κ1) is 32.6. The number of imide groups is 1. The Morgan fingerprint density at radius 1 is 0.769 bits per heavy atom. The van der Waals surface area contributed by atoms with E-state index in [-0.39, 0.29) is 24.8 Å². The van der Waals surface area contributed by atoms with Gasteiger partial charge in [-0.1, -0.05) is 44.9 Å². The number of aldehydes is 1. The van der Waals surface area contributed by atoms with E-state index in [1.165, 1.54) is 31.4 Å². The van der Waals surface area contributed by atoms with E-state index in [4.69, 9.17) is 9.47 Å². The zero-order valence-corrected chi connectivity index (χ0v) is 23.4. The summed E-state index contributed by atoms with van der Waals surface area (Å²) in [5.74, 6) is -1.69. The summed E-state index contributed by atoms with van der Waals surface area (Å²) in [4.78, 5) is 58.7. The van der Waals surface area contributed by atoms with Gasteiger partial charge in [-0.2, -0.15) is 0 Å². The number of carbonyl (C=O) groups excluding carboxylic acids is 5. The Kier molecular flexibility index (Phi) is 16.3. The largest absolute Gasteiger partial charge is 0.354 e. The first-order valence-corrected chi connectivity index (χ1v) is 14.7. The molecular weight excluding hydrogens is 502 g/mol. The maximum absolute atomic E-state index is 12.1. The van der Waals surface area contributed by atoms with Crippen LogP contribution < -0.4 is 10.6 Å². The number of hydrogen-bond donors (Lipinski definition) is 2. The van der Waals surface area contributed by atoms with Crippen molar-refractivity contribution in [2.24, 2.45) is 0 Å². The molecule has 0 aromatic rings. The van der Waals surface area contributed by atoms with Crippen LogP contribution in [0.1, 0.15) is 103 Å². The van der Waals surface area contributed by atoms with E-state index in [1.807, 2.05) is 0 Å². The number of ether oxygens (including phenoxy) is 2. The van der Waals surface area contributed by atoms with Gasteiger partial charge in [-0.15, -0.1) is 0 Å². The molecule has 4 amide bonds. The van der Waals surface area contributed by atoms with E-state index in [9.17, 15) is 24.0 Å². The lowest BCUT2D eigenvalue weighted by molar-refractivity contribution is -0.250. The molecule has 0 atom stereocenters. The molecule has 0 aromatic heterocycles. The van der Waals surface area contributed by atoms with Gasteiger partial charge in [-0.05, 0) is 25.7 Å². The molecule has 0 radical (unpaired) electrons. The zero-order chi connectivity index (χ0) is 28.2. The summed E-state index contributed by atoms with van der Waals surface area (Å²) in [5.41, 5.74) is 0. The Hall–Kier alpha value is -2.59. The molecule has 0 unspecified atom stereocenters. The summed E-state index contributed by atoms with van der Waals surface area (Å²) in [7, 11) is 0. The van der Waals surface area contributed by atoms with E-state index in [0.717, 1.165) is 75.4 Å². The van der Waals surface area contributed by atoms with Crippen LogP contribution in [0.4, 0.5) is 0 Å². The maximum atomic E-state index is 12.1. The Balaban J connectivity index is 1.52. The van der Waals surface area contributed by atoms with Crippen LogP contribution in [0, 0.1) is 0 Å². The molecule has 2 aliphatic rings. The molecule has 1 aliphatic heterocycles. The predicted octanol–water partition coefficient (Wildman–Crippen LogP) is 3.33. The summed E-state index contributed by atoms with van der Waals surface area (Å²) in [6.45, 7) is 1.46. The van der Waals surface area contributed by atoms with Crippen LogP contribution in [0.15, 0.2) is 12.2 Å². The molecule has 2 N–H and O–H groups in total. The van der Waals surface area contributed by atoms with Crippen LogP contribution in [-0.4, -0.2) is 73.4 Å². The molecule has 10 heteroatoms. The summed E-state index contributed by atoms with van der Waals surface area (Å²) in [6.07, 6.45) is 18.1. The second-order valence-electron chi connectivity index (χ2n) is 10.3. The molecule has 1 fully saturated rings. The SMILES string of the molecule is O=CCCCCCCCCCCC(=O)NCCOC1(OCCNC(=O)CCN2C(=O)C=CC2=O)CCCCC1. The van der Waals surface area contributed by atoms with Gasteiger partial charge in [0.05, 0.1) is 13.2 Å². The smallest absolute Gasteiger partial charge is 0.253 e. The number of rotatable bonds is 22. The number of nitrogens with one attached hydrogen (secondary N) is 2. The highest BCUT2D eigenvalue weighted by Crippen LogP contribution is 2.32. The van der Waals surface area contributed by atoms with Crippen LogP contribution in [0.2, 0.25) is 0 Å². The summed E-state index contributed by atoms with van der Waals surface area (Å²) in [6, 6.07) is 0. The number of hydrogen-bond acceptors (Lipinski definition) is 7. The van der Waals surface area contributed by atoms with Gasteiger partial charge in [0.2, 0.25) is 11.8 Å². The molecule has 10 nitrogen and oxygen atoms in total. The van der Waals surface area contributed by atoms with Crippen LogP contribution >= 0.6 is 0 Å². The quantitative estimate of drug-likeness (QED) is 0.0917. The van der Waals surface area contributed by atoms with Crippen molar-refractivity contribution >= 4 is 29.9 Å². The average molecular weight is 550 g/mol. The zero-order valence-electron chi connectivity index (χ0n) is 23.4. The average Bonchev–Trinajstić information content (AvgIpc) is 3.26. The third-order valence-corrected chi connectivity index (χ3v) is 7.13. The maximum Gasteiger partial charge on any atom is 0.253 e. The number of amides is 4. The fourth-order valence-electron chi connectivity index (χ4n) is 4.89. The first-order valence-electron chi connectivity index (χ1n) is 14.7. The molecule has 0 aromatic carbocycles. The highest BCUT2D eigenvalue weighted by Gasteiger charge is 2.34. The molecule has 1 aliphatic carbocycles. The van der Waals surface area contributed by atoms with Gasteiger partial charge in [0, 0.05) is 63.9 Å². The number of carbonyl (C=O) groups is 5. The van der Waals surface area contributed by atoms with Gasteiger partial charge >= 0.3 is 0 Å². The van der Waals surface area contributed by atoms with E-state index in [2.05, 4.69) is 10.6 Å². The van der Waals surface area contributed by atoms with Gasteiger partial charge < -0.3 is 24.9 Å². The highest BCUT2D eigenvalue weighted by atomic mass is 16.7. The van der Waals surface area contributed by atoms with E-state index in [1.54, 1.807) is 0 Å². The van der Waals surface area contributed by atoms with E-state index < -0.39 is 17.6 Å². The van der Waals surface area contributed by atoms with Crippen molar-refractivity contribution in [2.75, 3.05) is 32.8 Å². The Labute approximate surface area is 232 Å². The number of nitrogens with zero attached hydrogens (tertiary/aromatic N) is 1. The van der Waals surface area contributed by atoms with Crippen molar-refractivity contribution < 1.29 is 33.4 Å². The molecular formula is C29H47N3O7. The fraction of sp³-hybridized carbons (Fsp3) is 0.759. The second kappa shape index (κ2) is 19.5. The minimum atomic E-state index is -0.693. The minimum absolute atomic E-state index is 0.0434. The number of unbranched alkanes of at least 4 members (excludes halogenated alkanes) is 8. The standard InChI is InChI=1S/C29H47N3O7/c33-22-12-7-5-3-1-2-4-6-9-13-25(34)30-19-23-38-29(17-10-8-11-18-29)39-24-20-31-26(35)16-21-32-27(36)14-15-28(32)37/h14-15,22H,1-13,16-21,23-24H2,(H,30,34)(H,31,35). The molecule has 0 saturated heterocycles. The monoisotopic (exact) mass is 549 g/mol. The lowest BCUT2D eigenvalue weighted by Crippen LogP contribution is -2.42. The first-order chi connectivity index (χ1) is 19.0. The summed E-state index contributed by atoms with van der Waals surface area (Å²) < 4.78 is 12.2. The van der Waals surface area contributed by atoms with E-state index in [0.29, 0.717) is 39.1 Å². The second-order valence-corrected chi connectivity index (χ2v) is 10.3. The van der Waals surface area contributed by atoms with Gasteiger partial charge in [-0.3, -0.25) is 24.1 Å². The highest BCUT2D eigenvalue weighted by molar-refractivity contribution is 6.13. The minimum Gasteiger partial charge on any atom is -0.354 e. The Bertz CT molecular complexity index is 791. The van der Waals surface area contributed by atoms with Gasteiger partial charge in [0.1, 0.15) is 6.29 Å². The van der Waals surface area contributed by atoms with Gasteiger partial charge in [-0.25, -0.2) is 0 Å². The fourth-order valence-corrected chi connectivity index (χ4v) is 4.89. The third kappa shape index (κ3) is 13.9. The van der Waals surface area contributed by atoms with Crippen molar-refractivity contribution in [2.45, 2.75) is 109 Å². The predicted molar refractivity (Wildman–Crippen MR) is 146 cm³/mol. The molecule has 220 valence electrons. The van der Waals surface area contributed by atoms with Crippen molar-refractivity contribution in [3.63, 3.8) is 0 Å². The molecule has 0 spiro atoms. The Morgan fingerprint density at radius 3 is 1.85 bits per heavy atom. The summed E-state index contributed by atoms with van der Waals surface area (Å²) >= 11 is 0. The Morgan fingerprint density at radius 2 is 1.28 bits per heavy atom. The molecule has 1 heterocycles.